The van der Waals surface area contributed by atoms with Crippen LogP contribution in [0, 0.1) is 0 Å². The van der Waals surface area contributed by atoms with E-state index >= 15 is 0 Å². The van der Waals surface area contributed by atoms with Crippen LogP contribution in [0.4, 0.5) is 0 Å². The molecule has 11 heteroatoms. The average Bonchev–Trinajstić information content (AvgIpc) is 3.82. The second kappa shape index (κ2) is 16.9. The third kappa shape index (κ3) is 11.5. The molecule has 0 aliphatic heterocycles. The zero-order valence-electron chi connectivity index (χ0n) is 29.6. The molecule has 0 atom stereocenters. The summed E-state index contributed by atoms with van der Waals surface area (Å²) in [6.07, 6.45) is 1.87. The van der Waals surface area contributed by atoms with Crippen LogP contribution < -0.4 is 10.4 Å². The van der Waals surface area contributed by atoms with Crippen LogP contribution in [0.5, 0.6) is 5.75 Å². The van der Waals surface area contributed by atoms with Gasteiger partial charge in [0.05, 0.1) is 5.69 Å². The highest BCUT2D eigenvalue weighted by Crippen LogP contribution is 2.30. The molecule has 50 heavy (non-hydrogen) atoms. The second-order valence-electron chi connectivity index (χ2n) is 14.4. The summed E-state index contributed by atoms with van der Waals surface area (Å²) < 4.78 is 12.8. The van der Waals surface area contributed by atoms with Crippen LogP contribution in [-0.4, -0.2) is 29.9 Å². The maximum atomic E-state index is 11.8. The van der Waals surface area contributed by atoms with Crippen molar-refractivity contribution >= 4 is 22.9 Å². The predicted molar refractivity (Wildman–Crippen MR) is 205 cm³/mol. The number of hydrogen-bond donors (Lipinski definition) is 1. The van der Waals surface area contributed by atoms with Gasteiger partial charge in [-0.3, -0.25) is 4.57 Å². The summed E-state index contributed by atoms with van der Waals surface area (Å²) in [5, 5.41) is 19.2. The zero-order valence-corrected chi connectivity index (χ0v) is 31.2. The molecule has 6 aromatic rings. The first kappa shape index (κ1) is 39.9. The summed E-state index contributed by atoms with van der Waals surface area (Å²) in [4.78, 5) is 14.6. The fourth-order valence-electron chi connectivity index (χ4n) is 4.17. The quantitative estimate of drug-likeness (QED) is 0.189. The molecule has 0 spiro atoms. The van der Waals surface area contributed by atoms with Gasteiger partial charge in [-0.1, -0.05) is 133 Å². The Balaban J connectivity index is 0.000000202. The summed E-state index contributed by atoms with van der Waals surface area (Å²) in [5.74, 6) is 1.79. The molecule has 0 aliphatic rings. The zero-order chi connectivity index (χ0) is 35.8. The highest BCUT2D eigenvalue weighted by Gasteiger charge is 2.22. The molecule has 266 valence electrons. The normalized spacial score (nSPS) is 11.4. The Bertz CT molecular complexity index is 1940. The van der Waals surface area contributed by atoms with Gasteiger partial charge >= 0.3 is 5.69 Å². The SMILES string of the molecule is C.CC(C)(C)c1nnc(-c2ccccc2)s1.CC(C)(C)c1nnc(COc2ccc(Cl)cc2)o1.CC(C)(C)n1cc(-c2ccccc2)[nH]c1=O. The van der Waals surface area contributed by atoms with Crippen LogP contribution in [0.15, 0.2) is 100 Å². The molecule has 0 bridgehead atoms. The minimum absolute atomic E-state index is 0. The maximum Gasteiger partial charge on any atom is 0.326 e. The highest BCUT2D eigenvalue weighted by molar-refractivity contribution is 7.14. The van der Waals surface area contributed by atoms with Crippen molar-refractivity contribution in [3.05, 3.63) is 123 Å². The van der Waals surface area contributed by atoms with Crippen LogP contribution >= 0.6 is 22.9 Å². The standard InChI is InChI=1S/C13H15ClN2O2.C13H16N2O.C12H14N2S.CH4/c1-13(2,3)12-16-15-11(18-12)8-17-10-6-4-9(14)5-7-10;1-13(2,3)15-9-11(14-12(15)16)10-7-5-4-6-8-10;1-12(2,3)11-14-13-10(15-11)9-7-5-4-6-8-9;/h4-7H,8H2,1-3H3;4-9H,1-3H3,(H,14,16);4-8H,1-3H3;1H4. The lowest BCUT2D eigenvalue weighted by atomic mass is 9.97. The lowest BCUT2D eigenvalue weighted by Crippen LogP contribution is -2.31. The average molecular weight is 717 g/mol. The number of aromatic amines is 1. The molecule has 0 unspecified atom stereocenters. The van der Waals surface area contributed by atoms with Crippen molar-refractivity contribution in [1.82, 2.24) is 29.9 Å². The lowest BCUT2D eigenvalue weighted by Gasteiger charge is -2.18. The monoisotopic (exact) mass is 716 g/mol. The van der Waals surface area contributed by atoms with Crippen molar-refractivity contribution in [2.75, 3.05) is 0 Å². The number of nitrogens with one attached hydrogen (secondary N) is 1. The Labute approximate surface area is 304 Å². The summed E-state index contributed by atoms with van der Waals surface area (Å²) >= 11 is 7.46. The molecular formula is C39H49ClN6O3S. The van der Waals surface area contributed by atoms with Crippen LogP contribution in [0.25, 0.3) is 21.8 Å². The van der Waals surface area contributed by atoms with Gasteiger partial charge in [-0.05, 0) is 50.6 Å². The van der Waals surface area contributed by atoms with Gasteiger partial charge in [-0.25, -0.2) is 4.79 Å². The number of hydrogen-bond acceptors (Lipinski definition) is 8. The van der Waals surface area contributed by atoms with Gasteiger partial charge in [-0.15, -0.1) is 20.4 Å². The van der Waals surface area contributed by atoms with Gasteiger partial charge in [-0.2, -0.15) is 0 Å². The van der Waals surface area contributed by atoms with Crippen LogP contribution in [0.2, 0.25) is 5.02 Å². The van der Waals surface area contributed by atoms with E-state index in [1.807, 2.05) is 96.3 Å². The Kier molecular flexibility index (Phi) is 13.5. The number of rotatable bonds is 5. The minimum atomic E-state index is -0.194. The second-order valence-corrected chi connectivity index (χ2v) is 15.8. The van der Waals surface area contributed by atoms with E-state index in [1.54, 1.807) is 40.2 Å². The predicted octanol–water partition coefficient (Wildman–Crippen LogP) is 10.3. The van der Waals surface area contributed by atoms with E-state index in [0.717, 1.165) is 32.6 Å². The number of imidazole rings is 1. The summed E-state index contributed by atoms with van der Waals surface area (Å²) in [5.41, 5.74) is 2.72. The Morgan fingerprint density at radius 2 is 1.34 bits per heavy atom. The van der Waals surface area contributed by atoms with Gasteiger partial charge in [0.25, 0.3) is 5.89 Å². The van der Waals surface area contributed by atoms with E-state index < -0.39 is 0 Å². The molecular weight excluding hydrogens is 668 g/mol. The Morgan fingerprint density at radius 1 is 0.760 bits per heavy atom. The summed E-state index contributed by atoms with van der Waals surface area (Å²) in [6.45, 7) is 18.8. The Morgan fingerprint density at radius 3 is 1.82 bits per heavy atom. The smallest absolute Gasteiger partial charge is 0.326 e. The van der Waals surface area contributed by atoms with Crippen molar-refractivity contribution in [1.29, 1.82) is 0 Å². The number of H-pyrrole nitrogens is 1. The minimum Gasteiger partial charge on any atom is -0.484 e. The van der Waals surface area contributed by atoms with Crippen LogP contribution in [0.3, 0.4) is 0 Å². The molecule has 0 radical (unpaired) electrons. The number of ether oxygens (including phenoxy) is 1. The topological polar surface area (TPSA) is 112 Å². The fraction of sp³-hybridized carbons (Fsp3) is 0.359. The van der Waals surface area contributed by atoms with E-state index in [2.05, 4.69) is 58.3 Å². The molecule has 1 N–H and O–H groups in total. The van der Waals surface area contributed by atoms with Crippen molar-refractivity contribution in [2.45, 2.75) is 92.7 Å². The van der Waals surface area contributed by atoms with E-state index in [4.69, 9.17) is 20.8 Å². The van der Waals surface area contributed by atoms with Crippen LogP contribution in [0.1, 0.15) is 86.5 Å². The first-order valence-electron chi connectivity index (χ1n) is 16.0. The van der Waals surface area contributed by atoms with Gasteiger partial charge < -0.3 is 14.1 Å². The number of aromatic nitrogens is 6. The molecule has 3 aromatic heterocycles. The molecule has 0 amide bonds. The van der Waals surface area contributed by atoms with E-state index in [0.29, 0.717) is 16.8 Å². The number of halogens is 1. The third-order valence-electron chi connectivity index (χ3n) is 6.90. The number of benzene rings is 3. The highest BCUT2D eigenvalue weighted by atomic mass is 35.5. The van der Waals surface area contributed by atoms with Crippen molar-refractivity contribution in [3.8, 4) is 27.6 Å². The third-order valence-corrected chi connectivity index (χ3v) is 8.55. The van der Waals surface area contributed by atoms with Crippen molar-refractivity contribution in [3.63, 3.8) is 0 Å². The summed E-state index contributed by atoms with van der Waals surface area (Å²) in [7, 11) is 0. The van der Waals surface area contributed by atoms with Crippen molar-refractivity contribution < 1.29 is 9.15 Å². The molecule has 9 nitrogen and oxygen atoms in total. The van der Waals surface area contributed by atoms with Gasteiger partial charge in [0.1, 0.15) is 15.8 Å². The number of nitrogens with zero attached hydrogens (tertiary/aromatic N) is 5. The fourth-order valence-corrected chi connectivity index (χ4v) is 5.21. The first-order valence-corrected chi connectivity index (χ1v) is 17.2. The maximum absolute atomic E-state index is 11.8. The molecule has 0 aliphatic carbocycles. The lowest BCUT2D eigenvalue weighted by molar-refractivity contribution is 0.251. The first-order chi connectivity index (χ1) is 23.0. The molecule has 0 saturated heterocycles. The van der Waals surface area contributed by atoms with Gasteiger partial charge in [0.2, 0.25) is 5.89 Å². The van der Waals surface area contributed by atoms with Gasteiger partial charge in [0, 0.05) is 33.2 Å². The van der Waals surface area contributed by atoms with E-state index in [9.17, 15) is 4.79 Å². The van der Waals surface area contributed by atoms with Gasteiger partial charge in [0.15, 0.2) is 6.61 Å². The molecule has 0 saturated carbocycles. The van der Waals surface area contributed by atoms with E-state index in [1.165, 1.54) is 0 Å². The van der Waals surface area contributed by atoms with E-state index in [-0.39, 0.29) is 36.1 Å². The molecule has 3 aromatic carbocycles. The molecule has 6 rings (SSSR count). The Hall–Kier alpha value is -4.54. The van der Waals surface area contributed by atoms with Crippen molar-refractivity contribution in [2.24, 2.45) is 0 Å². The largest absolute Gasteiger partial charge is 0.484 e. The summed E-state index contributed by atoms with van der Waals surface area (Å²) in [6, 6.07) is 27.2. The molecule has 3 heterocycles. The molecule has 0 fully saturated rings. The van der Waals surface area contributed by atoms with Crippen LogP contribution in [-0.2, 0) is 23.0 Å².